The van der Waals surface area contributed by atoms with Crippen molar-refractivity contribution in [2.75, 3.05) is 58.5 Å². The second-order valence-corrected chi connectivity index (χ2v) is 6.08. The van der Waals surface area contributed by atoms with Crippen molar-refractivity contribution < 1.29 is 9.47 Å². The van der Waals surface area contributed by atoms with Gasteiger partial charge in [0.15, 0.2) is 5.96 Å². The molecule has 0 saturated carbocycles. The SMILES string of the molecule is CCCCOCCOCCNC(=NCc1cccnc1N(C)C)NCC.I. The summed E-state index contributed by atoms with van der Waals surface area (Å²) < 4.78 is 11.0. The van der Waals surface area contributed by atoms with Crippen LogP contribution < -0.4 is 15.5 Å². The number of hydrogen-bond acceptors (Lipinski definition) is 5. The van der Waals surface area contributed by atoms with Crippen LogP contribution in [0.4, 0.5) is 5.82 Å². The average molecular weight is 493 g/mol. The zero-order valence-corrected chi connectivity index (χ0v) is 19.5. The molecule has 1 rings (SSSR count). The number of aromatic nitrogens is 1. The van der Waals surface area contributed by atoms with E-state index in [4.69, 9.17) is 9.47 Å². The first-order valence-corrected chi connectivity index (χ1v) is 9.47. The Morgan fingerprint density at radius 2 is 1.85 bits per heavy atom. The molecule has 0 bridgehead atoms. The minimum Gasteiger partial charge on any atom is -0.379 e. The number of ether oxygens (including phenoxy) is 2. The van der Waals surface area contributed by atoms with Crippen LogP contribution in [0.25, 0.3) is 0 Å². The van der Waals surface area contributed by atoms with Gasteiger partial charge in [-0.2, -0.15) is 0 Å². The van der Waals surface area contributed by atoms with Gasteiger partial charge in [0.2, 0.25) is 0 Å². The van der Waals surface area contributed by atoms with Crippen molar-refractivity contribution in [3.8, 4) is 0 Å². The Morgan fingerprint density at radius 3 is 2.52 bits per heavy atom. The molecule has 0 spiro atoms. The molecule has 0 fully saturated rings. The number of rotatable bonds is 13. The molecule has 1 heterocycles. The number of aliphatic imine (C=N–C) groups is 1. The van der Waals surface area contributed by atoms with Crippen molar-refractivity contribution in [2.24, 2.45) is 4.99 Å². The van der Waals surface area contributed by atoms with Gasteiger partial charge in [-0.15, -0.1) is 24.0 Å². The van der Waals surface area contributed by atoms with Crippen LogP contribution in [0.2, 0.25) is 0 Å². The van der Waals surface area contributed by atoms with E-state index in [1.807, 2.05) is 25.1 Å². The quantitative estimate of drug-likeness (QED) is 0.191. The van der Waals surface area contributed by atoms with Crippen LogP contribution in [0.5, 0.6) is 0 Å². The largest absolute Gasteiger partial charge is 0.379 e. The molecule has 0 aliphatic carbocycles. The van der Waals surface area contributed by atoms with Crippen LogP contribution in [0.15, 0.2) is 23.3 Å². The van der Waals surface area contributed by atoms with E-state index in [9.17, 15) is 0 Å². The molecule has 1 aromatic rings. The highest BCUT2D eigenvalue weighted by Gasteiger charge is 2.05. The number of hydrogen-bond donors (Lipinski definition) is 2. The van der Waals surface area contributed by atoms with E-state index in [2.05, 4.69) is 40.5 Å². The fourth-order valence-electron chi connectivity index (χ4n) is 2.27. The van der Waals surface area contributed by atoms with Gasteiger partial charge in [0.25, 0.3) is 0 Å². The van der Waals surface area contributed by atoms with Crippen molar-refractivity contribution >= 4 is 35.8 Å². The third-order valence-electron chi connectivity index (χ3n) is 3.60. The summed E-state index contributed by atoms with van der Waals surface area (Å²) in [4.78, 5) is 11.1. The summed E-state index contributed by atoms with van der Waals surface area (Å²) in [5, 5.41) is 6.54. The van der Waals surface area contributed by atoms with Gasteiger partial charge in [-0.1, -0.05) is 19.4 Å². The molecule has 0 aliphatic heterocycles. The van der Waals surface area contributed by atoms with Crippen molar-refractivity contribution in [3.63, 3.8) is 0 Å². The van der Waals surface area contributed by atoms with Crippen LogP contribution in [0.1, 0.15) is 32.3 Å². The molecule has 27 heavy (non-hydrogen) atoms. The van der Waals surface area contributed by atoms with Gasteiger partial charge in [-0.25, -0.2) is 9.98 Å². The molecule has 0 aliphatic rings. The number of anilines is 1. The zero-order valence-electron chi connectivity index (χ0n) is 17.2. The number of nitrogens with zero attached hydrogens (tertiary/aromatic N) is 3. The maximum absolute atomic E-state index is 5.57. The molecule has 0 amide bonds. The first-order chi connectivity index (χ1) is 12.7. The second kappa shape index (κ2) is 17.0. The number of unbranched alkanes of at least 4 members (excludes halogenated alkanes) is 1. The van der Waals surface area contributed by atoms with E-state index in [1.165, 1.54) is 0 Å². The number of halogens is 1. The van der Waals surface area contributed by atoms with Gasteiger partial charge >= 0.3 is 0 Å². The van der Waals surface area contributed by atoms with E-state index >= 15 is 0 Å². The fraction of sp³-hybridized carbons (Fsp3) is 0.684. The Labute approximate surface area is 181 Å². The van der Waals surface area contributed by atoms with Crippen molar-refractivity contribution in [1.82, 2.24) is 15.6 Å². The van der Waals surface area contributed by atoms with E-state index in [0.717, 1.165) is 43.3 Å². The number of nitrogens with one attached hydrogen (secondary N) is 2. The van der Waals surface area contributed by atoms with E-state index in [-0.39, 0.29) is 24.0 Å². The van der Waals surface area contributed by atoms with Crippen LogP contribution in [-0.2, 0) is 16.0 Å². The maximum Gasteiger partial charge on any atom is 0.191 e. The highest BCUT2D eigenvalue weighted by atomic mass is 127. The molecule has 0 aromatic carbocycles. The predicted molar refractivity (Wildman–Crippen MR) is 123 cm³/mol. The van der Waals surface area contributed by atoms with Crippen LogP contribution in [-0.4, -0.2) is 64.6 Å². The van der Waals surface area contributed by atoms with E-state index < -0.39 is 0 Å². The lowest BCUT2D eigenvalue weighted by Gasteiger charge is -2.15. The molecule has 1 aromatic heterocycles. The highest BCUT2D eigenvalue weighted by molar-refractivity contribution is 14.0. The van der Waals surface area contributed by atoms with Gasteiger partial charge in [0.05, 0.1) is 26.4 Å². The first kappa shape index (κ1) is 25.9. The summed E-state index contributed by atoms with van der Waals surface area (Å²) >= 11 is 0. The summed E-state index contributed by atoms with van der Waals surface area (Å²) in [6, 6.07) is 3.99. The monoisotopic (exact) mass is 493 g/mol. The third kappa shape index (κ3) is 12.0. The molecule has 8 heteroatoms. The molecular weight excluding hydrogens is 457 g/mol. The van der Waals surface area contributed by atoms with E-state index in [0.29, 0.717) is 32.9 Å². The van der Waals surface area contributed by atoms with Crippen molar-refractivity contribution in [1.29, 1.82) is 0 Å². The predicted octanol–water partition coefficient (Wildman–Crippen LogP) is 2.65. The Morgan fingerprint density at radius 1 is 1.11 bits per heavy atom. The summed E-state index contributed by atoms with van der Waals surface area (Å²) in [6.07, 6.45) is 4.07. The lowest BCUT2D eigenvalue weighted by Crippen LogP contribution is -2.39. The highest BCUT2D eigenvalue weighted by Crippen LogP contribution is 2.15. The molecule has 156 valence electrons. The lowest BCUT2D eigenvalue weighted by molar-refractivity contribution is 0.0487. The lowest BCUT2D eigenvalue weighted by atomic mass is 10.2. The van der Waals surface area contributed by atoms with Crippen molar-refractivity contribution in [2.45, 2.75) is 33.2 Å². The standard InChI is InChI=1S/C19H35N5O2.HI/c1-5-7-12-25-14-15-26-13-11-22-19(20-6-2)23-16-17-9-8-10-21-18(17)24(3)4;/h8-10H,5-7,11-16H2,1-4H3,(H2,20,22,23);1H. The molecule has 2 N–H and O–H groups in total. The van der Waals surface area contributed by atoms with E-state index in [1.54, 1.807) is 6.20 Å². The minimum absolute atomic E-state index is 0. The number of guanidine groups is 1. The molecular formula is C19H36IN5O2. The Hall–Kier alpha value is -1.13. The third-order valence-corrected chi connectivity index (χ3v) is 3.60. The second-order valence-electron chi connectivity index (χ2n) is 6.08. The van der Waals surface area contributed by atoms with Gasteiger partial charge in [0.1, 0.15) is 5.82 Å². The Kier molecular flexibility index (Phi) is 16.3. The smallest absolute Gasteiger partial charge is 0.191 e. The summed E-state index contributed by atoms with van der Waals surface area (Å²) in [5.41, 5.74) is 1.09. The van der Waals surface area contributed by atoms with Crippen LogP contribution in [0, 0.1) is 0 Å². The molecule has 0 atom stereocenters. The molecule has 7 nitrogen and oxygen atoms in total. The van der Waals surface area contributed by atoms with Gasteiger partial charge in [0, 0.05) is 45.6 Å². The average Bonchev–Trinajstić information content (AvgIpc) is 2.64. The zero-order chi connectivity index (χ0) is 19.0. The van der Waals surface area contributed by atoms with Gasteiger partial charge < -0.3 is 25.0 Å². The normalized spacial score (nSPS) is 11.0. The van der Waals surface area contributed by atoms with Crippen molar-refractivity contribution in [3.05, 3.63) is 23.9 Å². The Bertz CT molecular complexity index is 515. The molecule has 0 unspecified atom stereocenters. The number of pyridine rings is 1. The Balaban J connectivity index is 0.00000676. The summed E-state index contributed by atoms with van der Waals surface area (Å²) in [7, 11) is 3.98. The van der Waals surface area contributed by atoms with Crippen LogP contribution in [0.3, 0.4) is 0 Å². The summed E-state index contributed by atoms with van der Waals surface area (Å²) in [6.45, 7) is 9.02. The summed E-state index contributed by atoms with van der Waals surface area (Å²) in [5.74, 6) is 1.72. The fourth-order valence-corrected chi connectivity index (χ4v) is 2.27. The van der Waals surface area contributed by atoms with Gasteiger partial charge in [-0.3, -0.25) is 0 Å². The van der Waals surface area contributed by atoms with Gasteiger partial charge in [-0.05, 0) is 19.4 Å². The molecule has 0 radical (unpaired) electrons. The minimum atomic E-state index is 0. The molecule has 0 saturated heterocycles. The topological polar surface area (TPSA) is 71.0 Å². The van der Waals surface area contributed by atoms with Crippen LogP contribution >= 0.6 is 24.0 Å². The maximum atomic E-state index is 5.57. The first-order valence-electron chi connectivity index (χ1n) is 9.47.